The van der Waals surface area contributed by atoms with Gasteiger partial charge in [0.1, 0.15) is 0 Å². The Morgan fingerprint density at radius 2 is 1.18 bits per heavy atom. The summed E-state index contributed by atoms with van der Waals surface area (Å²) in [5.74, 6) is -0.703. The van der Waals surface area contributed by atoms with E-state index in [1.807, 2.05) is 24.3 Å². The standard InChI is InChI=1S/C22H26BrNO4/c1-27-21(25)17-7-11-19(12-8-17)24(16-6-4-3-5-15-23)20-13-9-18(10-14-20)22(26)28-2/h7-14H,3-6,15-16H2,1-2H3. The van der Waals surface area contributed by atoms with Gasteiger partial charge < -0.3 is 14.4 Å². The van der Waals surface area contributed by atoms with Crippen LogP contribution in [0.1, 0.15) is 46.4 Å². The molecule has 0 radical (unpaired) electrons. The molecule has 0 heterocycles. The van der Waals surface area contributed by atoms with Crippen LogP contribution in [0.4, 0.5) is 11.4 Å². The zero-order valence-corrected chi connectivity index (χ0v) is 17.9. The number of anilines is 2. The number of ether oxygens (including phenoxy) is 2. The van der Waals surface area contributed by atoms with Gasteiger partial charge in [0.2, 0.25) is 0 Å². The molecule has 5 nitrogen and oxygen atoms in total. The van der Waals surface area contributed by atoms with Gasteiger partial charge in [0.15, 0.2) is 0 Å². The minimum atomic E-state index is -0.352. The van der Waals surface area contributed by atoms with E-state index in [9.17, 15) is 9.59 Å². The van der Waals surface area contributed by atoms with Crippen LogP contribution in [0.5, 0.6) is 0 Å². The monoisotopic (exact) mass is 447 g/mol. The van der Waals surface area contributed by atoms with Crippen molar-refractivity contribution in [3.63, 3.8) is 0 Å². The lowest BCUT2D eigenvalue weighted by Crippen LogP contribution is -2.19. The highest BCUT2D eigenvalue weighted by atomic mass is 79.9. The summed E-state index contributed by atoms with van der Waals surface area (Å²) in [6, 6.07) is 14.7. The second-order valence-electron chi connectivity index (χ2n) is 6.33. The second-order valence-corrected chi connectivity index (χ2v) is 7.12. The number of hydrogen-bond acceptors (Lipinski definition) is 5. The van der Waals surface area contributed by atoms with Crippen molar-refractivity contribution in [3.05, 3.63) is 59.7 Å². The third-order valence-electron chi connectivity index (χ3n) is 4.47. The Morgan fingerprint density at radius 3 is 1.57 bits per heavy atom. The molecule has 150 valence electrons. The van der Waals surface area contributed by atoms with Crippen LogP contribution in [0, 0.1) is 0 Å². The maximum Gasteiger partial charge on any atom is 0.337 e. The van der Waals surface area contributed by atoms with Gasteiger partial charge >= 0.3 is 11.9 Å². The van der Waals surface area contributed by atoms with Gasteiger partial charge in [-0.25, -0.2) is 9.59 Å². The summed E-state index contributed by atoms with van der Waals surface area (Å²) < 4.78 is 9.54. The van der Waals surface area contributed by atoms with Gasteiger partial charge in [-0.3, -0.25) is 0 Å². The Hall–Kier alpha value is -2.34. The molecular formula is C22H26BrNO4. The van der Waals surface area contributed by atoms with Crippen molar-refractivity contribution >= 4 is 39.2 Å². The first-order valence-electron chi connectivity index (χ1n) is 9.31. The van der Waals surface area contributed by atoms with Crippen LogP contribution < -0.4 is 4.90 Å². The van der Waals surface area contributed by atoms with E-state index in [-0.39, 0.29) is 11.9 Å². The Labute approximate surface area is 174 Å². The van der Waals surface area contributed by atoms with E-state index in [1.165, 1.54) is 27.1 Å². The van der Waals surface area contributed by atoms with Crippen LogP contribution in [0.25, 0.3) is 0 Å². The summed E-state index contributed by atoms with van der Waals surface area (Å²) >= 11 is 3.47. The average Bonchev–Trinajstić information content (AvgIpc) is 2.75. The lowest BCUT2D eigenvalue weighted by Gasteiger charge is -2.25. The second kappa shape index (κ2) is 11.5. The molecule has 0 aromatic heterocycles. The summed E-state index contributed by atoms with van der Waals surface area (Å²) in [7, 11) is 2.75. The van der Waals surface area contributed by atoms with Gasteiger partial charge in [-0.05, 0) is 61.4 Å². The number of alkyl halides is 1. The van der Waals surface area contributed by atoms with Crippen molar-refractivity contribution in [2.45, 2.75) is 25.7 Å². The molecule has 2 aromatic rings. The molecule has 0 N–H and O–H groups in total. The molecule has 2 rings (SSSR count). The molecule has 0 saturated heterocycles. The third-order valence-corrected chi connectivity index (χ3v) is 5.03. The van der Waals surface area contributed by atoms with E-state index < -0.39 is 0 Å². The van der Waals surface area contributed by atoms with E-state index in [2.05, 4.69) is 20.8 Å². The molecular weight excluding hydrogens is 422 g/mol. The summed E-state index contributed by atoms with van der Waals surface area (Å²) in [6.07, 6.45) is 4.54. The number of benzene rings is 2. The number of hydrogen-bond donors (Lipinski definition) is 0. The normalized spacial score (nSPS) is 10.4. The largest absolute Gasteiger partial charge is 0.465 e. The van der Waals surface area contributed by atoms with Crippen molar-refractivity contribution in [2.75, 3.05) is 31.0 Å². The minimum absolute atomic E-state index is 0.352. The fourth-order valence-corrected chi connectivity index (χ4v) is 3.31. The van der Waals surface area contributed by atoms with Gasteiger partial charge in [-0.15, -0.1) is 0 Å². The Balaban J connectivity index is 2.21. The molecule has 0 amide bonds. The van der Waals surface area contributed by atoms with Gasteiger partial charge in [0.05, 0.1) is 25.3 Å². The molecule has 0 aliphatic heterocycles. The smallest absolute Gasteiger partial charge is 0.337 e. The molecule has 0 unspecified atom stereocenters. The van der Waals surface area contributed by atoms with Gasteiger partial charge in [0.25, 0.3) is 0 Å². The number of esters is 2. The number of nitrogens with zero attached hydrogens (tertiary/aromatic N) is 1. The molecule has 0 atom stereocenters. The number of rotatable bonds is 10. The fraction of sp³-hybridized carbons (Fsp3) is 0.364. The highest BCUT2D eigenvalue weighted by Gasteiger charge is 2.13. The molecule has 0 fully saturated rings. The Kier molecular flexibility index (Phi) is 9.01. The molecule has 0 aliphatic rings. The van der Waals surface area contributed by atoms with E-state index >= 15 is 0 Å². The molecule has 0 aliphatic carbocycles. The zero-order valence-electron chi connectivity index (χ0n) is 16.3. The van der Waals surface area contributed by atoms with Crippen molar-refractivity contribution in [3.8, 4) is 0 Å². The van der Waals surface area contributed by atoms with Crippen molar-refractivity contribution in [1.29, 1.82) is 0 Å². The van der Waals surface area contributed by atoms with Crippen LogP contribution in [0.3, 0.4) is 0 Å². The predicted octanol–water partition coefficient (Wildman–Crippen LogP) is 5.35. The first kappa shape index (κ1) is 22.0. The van der Waals surface area contributed by atoms with Crippen molar-refractivity contribution < 1.29 is 19.1 Å². The molecule has 28 heavy (non-hydrogen) atoms. The van der Waals surface area contributed by atoms with Gasteiger partial charge in [-0.2, -0.15) is 0 Å². The molecule has 6 heteroatoms. The highest BCUT2D eigenvalue weighted by molar-refractivity contribution is 9.09. The SMILES string of the molecule is COC(=O)c1ccc(N(CCCCCCBr)c2ccc(C(=O)OC)cc2)cc1. The maximum atomic E-state index is 11.7. The Bertz CT molecular complexity index is 700. The van der Waals surface area contributed by atoms with Crippen LogP contribution in [-0.4, -0.2) is 38.0 Å². The quantitative estimate of drug-likeness (QED) is 0.279. The first-order chi connectivity index (χ1) is 13.6. The summed E-state index contributed by atoms with van der Waals surface area (Å²) in [5.41, 5.74) is 3.01. The number of carbonyl (C=O) groups excluding carboxylic acids is 2. The summed E-state index contributed by atoms with van der Waals surface area (Å²) in [4.78, 5) is 25.6. The van der Waals surface area contributed by atoms with Crippen molar-refractivity contribution in [2.24, 2.45) is 0 Å². The van der Waals surface area contributed by atoms with Crippen LogP contribution in [0.2, 0.25) is 0 Å². The highest BCUT2D eigenvalue weighted by Crippen LogP contribution is 2.27. The fourth-order valence-electron chi connectivity index (χ4n) is 2.92. The third kappa shape index (κ3) is 6.09. The molecule has 0 saturated carbocycles. The topological polar surface area (TPSA) is 55.8 Å². The van der Waals surface area contributed by atoms with Crippen LogP contribution >= 0.6 is 15.9 Å². The van der Waals surface area contributed by atoms with Gasteiger partial charge in [0, 0.05) is 23.2 Å². The number of methoxy groups -OCH3 is 2. The van der Waals surface area contributed by atoms with E-state index in [0.717, 1.165) is 36.1 Å². The van der Waals surface area contributed by atoms with Crippen LogP contribution in [-0.2, 0) is 9.47 Å². The first-order valence-corrected chi connectivity index (χ1v) is 10.4. The molecule has 0 spiro atoms. The van der Waals surface area contributed by atoms with E-state index in [1.54, 1.807) is 24.3 Å². The zero-order chi connectivity index (χ0) is 20.4. The number of unbranched alkanes of at least 4 members (excludes halogenated alkanes) is 3. The Morgan fingerprint density at radius 1 is 0.750 bits per heavy atom. The summed E-state index contributed by atoms with van der Waals surface area (Å²) in [6.45, 7) is 0.845. The number of carbonyl (C=O) groups is 2. The predicted molar refractivity (Wildman–Crippen MR) is 115 cm³/mol. The minimum Gasteiger partial charge on any atom is -0.465 e. The number of halogens is 1. The van der Waals surface area contributed by atoms with Crippen LogP contribution in [0.15, 0.2) is 48.5 Å². The molecule has 0 bridgehead atoms. The lowest BCUT2D eigenvalue weighted by atomic mass is 10.1. The maximum absolute atomic E-state index is 11.7. The molecule has 2 aromatic carbocycles. The lowest BCUT2D eigenvalue weighted by molar-refractivity contribution is 0.0592. The van der Waals surface area contributed by atoms with E-state index in [4.69, 9.17) is 9.47 Å². The van der Waals surface area contributed by atoms with Gasteiger partial charge in [-0.1, -0.05) is 28.8 Å². The van der Waals surface area contributed by atoms with Crippen molar-refractivity contribution in [1.82, 2.24) is 0 Å². The van der Waals surface area contributed by atoms with E-state index in [0.29, 0.717) is 11.1 Å². The average molecular weight is 448 g/mol. The summed E-state index contributed by atoms with van der Waals surface area (Å²) in [5, 5.41) is 1.03.